The van der Waals surface area contributed by atoms with Gasteiger partial charge in [0.05, 0.1) is 25.9 Å². The summed E-state index contributed by atoms with van der Waals surface area (Å²) in [5, 5.41) is 11.7. The highest BCUT2D eigenvalue weighted by atomic mass is 79.9. The number of amides is 2. The van der Waals surface area contributed by atoms with E-state index in [1.54, 1.807) is 25.3 Å². The minimum absolute atomic E-state index is 0.0108. The third kappa shape index (κ3) is 2.83. The summed E-state index contributed by atoms with van der Waals surface area (Å²) in [5.41, 5.74) is 0.818. The van der Waals surface area contributed by atoms with E-state index in [-0.39, 0.29) is 18.8 Å². The SMILES string of the molecule is COc1ccc(NC2=CC(=O)N(CCO)C2=O)c(Br)c1. The van der Waals surface area contributed by atoms with Gasteiger partial charge in [0.2, 0.25) is 0 Å². The number of benzene rings is 1. The van der Waals surface area contributed by atoms with Crippen LogP contribution in [0.5, 0.6) is 5.75 Å². The third-order valence-corrected chi connectivity index (χ3v) is 3.43. The number of aliphatic hydroxyl groups excluding tert-OH is 1. The molecule has 1 aliphatic heterocycles. The number of rotatable bonds is 5. The molecule has 2 amide bonds. The summed E-state index contributed by atoms with van der Waals surface area (Å²) in [6, 6.07) is 5.21. The lowest BCUT2D eigenvalue weighted by atomic mass is 10.3. The Morgan fingerprint density at radius 1 is 1.40 bits per heavy atom. The van der Waals surface area contributed by atoms with Gasteiger partial charge < -0.3 is 15.2 Å². The van der Waals surface area contributed by atoms with Gasteiger partial charge >= 0.3 is 0 Å². The van der Waals surface area contributed by atoms with Crippen LogP contribution in [0.4, 0.5) is 5.69 Å². The molecule has 1 aromatic rings. The Bertz CT molecular complexity index is 586. The summed E-state index contributed by atoms with van der Waals surface area (Å²) < 4.78 is 5.78. The van der Waals surface area contributed by atoms with E-state index in [9.17, 15) is 9.59 Å². The van der Waals surface area contributed by atoms with Crippen LogP contribution in [0.25, 0.3) is 0 Å². The Labute approximate surface area is 124 Å². The minimum atomic E-state index is -0.452. The van der Waals surface area contributed by atoms with Gasteiger partial charge in [0.25, 0.3) is 11.8 Å². The van der Waals surface area contributed by atoms with E-state index in [0.717, 1.165) is 4.90 Å². The predicted molar refractivity (Wildman–Crippen MR) is 76.2 cm³/mol. The van der Waals surface area contributed by atoms with Gasteiger partial charge in [0.15, 0.2) is 0 Å². The molecule has 2 N–H and O–H groups in total. The number of imide groups is 1. The van der Waals surface area contributed by atoms with E-state index < -0.39 is 11.8 Å². The van der Waals surface area contributed by atoms with Gasteiger partial charge in [-0.25, -0.2) is 0 Å². The topological polar surface area (TPSA) is 78.9 Å². The number of carbonyl (C=O) groups is 2. The number of ether oxygens (including phenoxy) is 1. The van der Waals surface area contributed by atoms with Gasteiger partial charge in [0, 0.05) is 10.5 Å². The maximum atomic E-state index is 12.0. The fourth-order valence-electron chi connectivity index (χ4n) is 1.78. The molecule has 20 heavy (non-hydrogen) atoms. The first-order chi connectivity index (χ1) is 9.56. The third-order valence-electron chi connectivity index (χ3n) is 2.78. The highest BCUT2D eigenvalue weighted by Gasteiger charge is 2.30. The average Bonchev–Trinajstić information content (AvgIpc) is 2.69. The van der Waals surface area contributed by atoms with Crippen molar-refractivity contribution in [3.8, 4) is 5.75 Å². The van der Waals surface area contributed by atoms with Gasteiger partial charge in [0.1, 0.15) is 11.4 Å². The maximum Gasteiger partial charge on any atom is 0.277 e. The Morgan fingerprint density at radius 2 is 2.15 bits per heavy atom. The van der Waals surface area contributed by atoms with Crippen molar-refractivity contribution in [1.82, 2.24) is 4.90 Å². The first-order valence-electron chi connectivity index (χ1n) is 5.85. The van der Waals surface area contributed by atoms with Crippen LogP contribution in [0.1, 0.15) is 0 Å². The van der Waals surface area contributed by atoms with Crippen LogP contribution in [0.3, 0.4) is 0 Å². The quantitative estimate of drug-likeness (QED) is 0.785. The summed E-state index contributed by atoms with van der Waals surface area (Å²) in [6.45, 7) is -0.270. The number of anilines is 1. The number of halogens is 1. The van der Waals surface area contributed by atoms with E-state index in [2.05, 4.69) is 21.2 Å². The zero-order valence-electron chi connectivity index (χ0n) is 10.7. The number of hydrogen-bond donors (Lipinski definition) is 2. The predicted octanol–water partition coefficient (Wildman–Crippen LogP) is 1.11. The van der Waals surface area contributed by atoms with Crippen LogP contribution in [0.2, 0.25) is 0 Å². The Morgan fingerprint density at radius 3 is 2.75 bits per heavy atom. The molecule has 2 rings (SSSR count). The number of hydrogen-bond acceptors (Lipinski definition) is 5. The molecule has 0 unspecified atom stereocenters. The molecule has 1 heterocycles. The molecule has 6 nitrogen and oxygen atoms in total. The maximum absolute atomic E-state index is 12.0. The second kappa shape index (κ2) is 6.06. The monoisotopic (exact) mass is 340 g/mol. The molecule has 0 saturated carbocycles. The lowest BCUT2D eigenvalue weighted by Gasteiger charge is -2.14. The number of nitrogens with one attached hydrogen (secondary N) is 1. The van der Waals surface area contributed by atoms with Crippen LogP contribution < -0.4 is 10.1 Å². The van der Waals surface area contributed by atoms with Crippen molar-refractivity contribution in [2.75, 3.05) is 25.6 Å². The van der Waals surface area contributed by atoms with Gasteiger partial charge in [-0.05, 0) is 34.1 Å². The standard InChI is InChI=1S/C13H13BrN2O4/c1-20-8-2-3-10(9(14)6-8)15-11-7-12(18)16(4-5-17)13(11)19/h2-3,6-7,15,17H,4-5H2,1H3. The lowest BCUT2D eigenvalue weighted by Crippen LogP contribution is -2.34. The zero-order chi connectivity index (χ0) is 14.7. The molecule has 1 aromatic carbocycles. The second-order valence-electron chi connectivity index (χ2n) is 4.05. The Hall–Kier alpha value is -1.86. The fraction of sp³-hybridized carbons (Fsp3) is 0.231. The van der Waals surface area contributed by atoms with Crippen LogP contribution >= 0.6 is 15.9 Å². The molecule has 0 bridgehead atoms. The molecular weight excluding hydrogens is 328 g/mol. The molecule has 1 aliphatic rings. The van der Waals surface area contributed by atoms with Crippen molar-refractivity contribution < 1.29 is 19.4 Å². The van der Waals surface area contributed by atoms with E-state index in [4.69, 9.17) is 9.84 Å². The van der Waals surface area contributed by atoms with Gasteiger partial charge in [-0.15, -0.1) is 0 Å². The first-order valence-corrected chi connectivity index (χ1v) is 6.65. The second-order valence-corrected chi connectivity index (χ2v) is 4.90. The van der Waals surface area contributed by atoms with E-state index in [0.29, 0.717) is 15.9 Å². The van der Waals surface area contributed by atoms with Crippen molar-refractivity contribution in [2.45, 2.75) is 0 Å². The molecule has 0 aliphatic carbocycles. The summed E-state index contributed by atoms with van der Waals surface area (Å²) in [6.07, 6.45) is 1.22. The van der Waals surface area contributed by atoms with Crippen LogP contribution in [-0.4, -0.2) is 42.1 Å². The minimum Gasteiger partial charge on any atom is -0.497 e. The summed E-state index contributed by atoms with van der Waals surface area (Å²) in [4.78, 5) is 24.6. The molecule has 0 fully saturated rings. The van der Waals surface area contributed by atoms with Gasteiger partial charge in [-0.2, -0.15) is 0 Å². The molecule has 0 saturated heterocycles. The molecular formula is C13H13BrN2O4. The highest BCUT2D eigenvalue weighted by molar-refractivity contribution is 9.10. The van der Waals surface area contributed by atoms with E-state index in [1.165, 1.54) is 6.08 Å². The van der Waals surface area contributed by atoms with Crippen molar-refractivity contribution in [2.24, 2.45) is 0 Å². The van der Waals surface area contributed by atoms with Crippen LogP contribution in [-0.2, 0) is 9.59 Å². The molecule has 0 atom stereocenters. The van der Waals surface area contributed by atoms with E-state index >= 15 is 0 Å². The molecule has 7 heteroatoms. The average molecular weight is 341 g/mol. The van der Waals surface area contributed by atoms with Crippen LogP contribution in [0.15, 0.2) is 34.4 Å². The Kier molecular flexibility index (Phi) is 4.41. The molecule has 0 radical (unpaired) electrons. The molecule has 106 valence electrons. The Balaban J connectivity index is 2.17. The van der Waals surface area contributed by atoms with Gasteiger partial charge in [-0.1, -0.05) is 0 Å². The van der Waals surface area contributed by atoms with Gasteiger partial charge in [-0.3, -0.25) is 14.5 Å². The molecule has 0 aromatic heterocycles. The summed E-state index contributed by atoms with van der Waals surface area (Å²) in [7, 11) is 1.56. The lowest BCUT2D eigenvalue weighted by molar-refractivity contribution is -0.137. The smallest absolute Gasteiger partial charge is 0.277 e. The number of β-amino-alcohol motifs (C(OH)–C–C–N with tert-alkyl or cyclic N) is 1. The van der Waals surface area contributed by atoms with Crippen LogP contribution in [0, 0.1) is 0 Å². The van der Waals surface area contributed by atoms with Crippen molar-refractivity contribution >= 4 is 33.4 Å². The van der Waals surface area contributed by atoms with Crippen molar-refractivity contribution in [3.05, 3.63) is 34.4 Å². The highest BCUT2D eigenvalue weighted by Crippen LogP contribution is 2.29. The number of carbonyl (C=O) groups excluding carboxylic acids is 2. The zero-order valence-corrected chi connectivity index (χ0v) is 12.3. The van der Waals surface area contributed by atoms with Crippen molar-refractivity contribution in [3.63, 3.8) is 0 Å². The summed E-state index contributed by atoms with van der Waals surface area (Å²) >= 11 is 3.36. The fourth-order valence-corrected chi connectivity index (χ4v) is 2.24. The number of methoxy groups -OCH3 is 1. The summed E-state index contributed by atoms with van der Waals surface area (Å²) in [5.74, 6) is -0.213. The van der Waals surface area contributed by atoms with E-state index in [1.807, 2.05) is 0 Å². The molecule has 0 spiro atoms. The first kappa shape index (κ1) is 14.5. The normalized spacial score (nSPS) is 14.6. The number of nitrogens with zero attached hydrogens (tertiary/aromatic N) is 1. The number of aliphatic hydroxyl groups is 1. The largest absolute Gasteiger partial charge is 0.497 e. The van der Waals surface area contributed by atoms with Crippen molar-refractivity contribution in [1.29, 1.82) is 0 Å².